The van der Waals surface area contributed by atoms with Crippen LogP contribution in [0.4, 0.5) is 20.2 Å². The number of carbonyl (C=O) groups is 2. The van der Waals surface area contributed by atoms with E-state index in [0.717, 1.165) is 30.3 Å². The van der Waals surface area contributed by atoms with Gasteiger partial charge in [-0.2, -0.15) is 0 Å². The Morgan fingerprint density at radius 1 is 1.10 bits per heavy atom. The maximum absolute atomic E-state index is 14.5. The fourth-order valence-electron chi connectivity index (χ4n) is 3.36. The molecule has 4 rings (SSSR count). The van der Waals surface area contributed by atoms with E-state index in [1.165, 1.54) is 30.5 Å². The molecule has 10 heteroatoms. The monoisotopic (exact) mass is 426 g/mol. The summed E-state index contributed by atoms with van der Waals surface area (Å²) >= 11 is 0. The highest BCUT2D eigenvalue weighted by Gasteiger charge is 2.49. The van der Waals surface area contributed by atoms with Gasteiger partial charge in [-0.25, -0.2) is 8.78 Å². The molecule has 1 aliphatic rings. The Morgan fingerprint density at radius 2 is 1.81 bits per heavy atom. The zero-order chi connectivity index (χ0) is 22.3. The molecule has 1 saturated heterocycles. The van der Waals surface area contributed by atoms with Crippen LogP contribution in [0.1, 0.15) is 17.4 Å². The second-order valence-corrected chi connectivity index (χ2v) is 6.58. The van der Waals surface area contributed by atoms with Crippen LogP contribution in [0.3, 0.4) is 0 Å². The number of ketones is 1. The minimum absolute atomic E-state index is 0.0138. The van der Waals surface area contributed by atoms with E-state index in [9.17, 15) is 33.6 Å². The number of benzene rings is 2. The van der Waals surface area contributed by atoms with Gasteiger partial charge in [0, 0.05) is 23.8 Å². The van der Waals surface area contributed by atoms with Crippen molar-refractivity contribution in [2.24, 2.45) is 0 Å². The van der Waals surface area contributed by atoms with Gasteiger partial charge in [-0.3, -0.25) is 24.6 Å². The van der Waals surface area contributed by atoms with Gasteiger partial charge in [-0.15, -0.1) is 0 Å². The third-order valence-corrected chi connectivity index (χ3v) is 4.78. The van der Waals surface area contributed by atoms with Gasteiger partial charge in [0.15, 0.2) is 0 Å². The lowest BCUT2D eigenvalue weighted by Crippen LogP contribution is -2.30. The predicted molar refractivity (Wildman–Crippen MR) is 103 cm³/mol. The Hall–Kier alpha value is -4.34. The molecular weight excluding hydrogens is 414 g/mol. The van der Waals surface area contributed by atoms with Crippen molar-refractivity contribution < 1.29 is 32.8 Å². The van der Waals surface area contributed by atoms with E-state index < -0.39 is 51.3 Å². The first-order valence-corrected chi connectivity index (χ1v) is 8.84. The summed E-state index contributed by atoms with van der Waals surface area (Å²) in [5, 5.41) is 21.6. The highest BCUT2D eigenvalue weighted by atomic mass is 19.1. The van der Waals surface area contributed by atoms with Crippen molar-refractivity contribution >= 4 is 28.8 Å². The number of aliphatic hydroxyl groups is 1. The van der Waals surface area contributed by atoms with Crippen molar-refractivity contribution in [3.05, 3.63) is 99.5 Å². The van der Waals surface area contributed by atoms with Crippen LogP contribution in [-0.2, 0) is 9.59 Å². The molecule has 2 aromatic carbocycles. The number of aliphatic hydroxyl groups excluding tert-OH is 1. The number of nitrogens with zero attached hydrogens (tertiary/aromatic N) is 2. The zero-order valence-corrected chi connectivity index (χ0v) is 15.5. The smallest absolute Gasteiger partial charge is 0.300 e. The summed E-state index contributed by atoms with van der Waals surface area (Å²) in [7, 11) is 0. The SMILES string of the molecule is O=C1C(=O)N(c2cc(F)ccc2F)C(c2ccco2)/C1=C(/O)c1ccc([N+](=O)[O-])cc1. The number of Topliss-reactive ketones (excluding diaryl/α,β-unsaturated/α-hetero) is 1. The number of hydrogen-bond donors (Lipinski definition) is 1. The lowest BCUT2D eigenvalue weighted by atomic mass is 9.99. The molecule has 0 spiro atoms. The summed E-state index contributed by atoms with van der Waals surface area (Å²) in [6, 6.07) is 8.51. The highest BCUT2D eigenvalue weighted by Crippen LogP contribution is 2.43. The second kappa shape index (κ2) is 7.48. The summed E-state index contributed by atoms with van der Waals surface area (Å²) in [6.45, 7) is 0. The molecule has 1 aromatic heterocycles. The minimum Gasteiger partial charge on any atom is -0.507 e. The molecule has 0 bridgehead atoms. The molecule has 1 unspecified atom stereocenters. The third kappa shape index (κ3) is 3.33. The molecule has 0 radical (unpaired) electrons. The first kappa shape index (κ1) is 20.0. The third-order valence-electron chi connectivity index (χ3n) is 4.78. The van der Waals surface area contributed by atoms with Crippen LogP contribution in [0, 0.1) is 21.7 Å². The van der Waals surface area contributed by atoms with E-state index in [2.05, 4.69) is 0 Å². The van der Waals surface area contributed by atoms with E-state index >= 15 is 0 Å². The molecule has 1 aliphatic heterocycles. The normalized spacial score (nSPS) is 17.9. The van der Waals surface area contributed by atoms with Crippen molar-refractivity contribution in [1.29, 1.82) is 0 Å². The largest absolute Gasteiger partial charge is 0.507 e. The van der Waals surface area contributed by atoms with Gasteiger partial charge < -0.3 is 9.52 Å². The number of nitro benzene ring substituents is 1. The Balaban J connectivity index is 1.92. The molecule has 8 nitrogen and oxygen atoms in total. The fourth-order valence-corrected chi connectivity index (χ4v) is 3.36. The number of hydrogen-bond acceptors (Lipinski definition) is 6. The van der Waals surface area contributed by atoms with Crippen LogP contribution in [0.25, 0.3) is 5.76 Å². The van der Waals surface area contributed by atoms with Gasteiger partial charge in [0.25, 0.3) is 17.4 Å². The van der Waals surface area contributed by atoms with Crippen LogP contribution in [0.15, 0.2) is 70.9 Å². The molecule has 31 heavy (non-hydrogen) atoms. The Morgan fingerprint density at radius 3 is 2.42 bits per heavy atom. The lowest BCUT2D eigenvalue weighted by molar-refractivity contribution is -0.384. The maximum atomic E-state index is 14.5. The van der Waals surface area contributed by atoms with Crippen molar-refractivity contribution in [3.63, 3.8) is 0 Å². The van der Waals surface area contributed by atoms with E-state index in [0.29, 0.717) is 4.90 Å². The average Bonchev–Trinajstić information content (AvgIpc) is 3.37. The Bertz CT molecular complexity index is 1240. The first-order valence-electron chi connectivity index (χ1n) is 8.84. The van der Waals surface area contributed by atoms with Gasteiger partial charge in [0.1, 0.15) is 29.2 Å². The van der Waals surface area contributed by atoms with E-state index in [4.69, 9.17) is 4.42 Å². The van der Waals surface area contributed by atoms with Crippen molar-refractivity contribution in [2.75, 3.05) is 4.90 Å². The number of nitro groups is 1. The number of rotatable bonds is 4. The lowest BCUT2D eigenvalue weighted by Gasteiger charge is -2.23. The number of carbonyl (C=O) groups excluding carboxylic acids is 2. The molecule has 1 atom stereocenters. The van der Waals surface area contributed by atoms with Crippen LogP contribution < -0.4 is 4.90 Å². The number of halogens is 2. The fraction of sp³-hybridized carbons (Fsp3) is 0.0476. The molecule has 1 amide bonds. The van der Waals surface area contributed by atoms with Crippen LogP contribution >= 0.6 is 0 Å². The maximum Gasteiger partial charge on any atom is 0.300 e. The molecule has 156 valence electrons. The van der Waals surface area contributed by atoms with Crippen molar-refractivity contribution in [1.82, 2.24) is 0 Å². The number of non-ortho nitro benzene ring substituents is 1. The van der Waals surface area contributed by atoms with Gasteiger partial charge in [0.05, 0.1) is 22.4 Å². The van der Waals surface area contributed by atoms with Crippen LogP contribution in [0.5, 0.6) is 0 Å². The van der Waals surface area contributed by atoms with Crippen LogP contribution in [-0.4, -0.2) is 21.7 Å². The molecule has 1 N–H and O–H groups in total. The first-order chi connectivity index (χ1) is 14.8. The summed E-state index contributed by atoms with van der Waals surface area (Å²) < 4.78 is 33.6. The molecular formula is C21H12F2N2O6. The molecule has 1 fully saturated rings. The molecule has 3 aromatic rings. The summed E-state index contributed by atoms with van der Waals surface area (Å²) in [5.74, 6) is -4.78. The minimum atomic E-state index is -1.39. The van der Waals surface area contributed by atoms with Gasteiger partial charge in [-0.1, -0.05) is 0 Å². The van der Waals surface area contributed by atoms with Crippen molar-refractivity contribution in [2.45, 2.75) is 6.04 Å². The Kier molecular flexibility index (Phi) is 4.82. The number of anilines is 1. The Labute approximate surface area is 172 Å². The standard InChI is InChI=1S/C21H12F2N2O6/c22-12-5-8-14(23)15(10-12)24-18(16-2-1-9-31-16)17(20(27)21(24)28)19(26)11-3-6-13(7-4-11)25(29)30/h1-10,18,26H/b19-17-. The van der Waals surface area contributed by atoms with E-state index in [1.54, 1.807) is 0 Å². The summed E-state index contributed by atoms with van der Waals surface area (Å²) in [5.41, 5.74) is -1.18. The average molecular weight is 426 g/mol. The summed E-state index contributed by atoms with van der Waals surface area (Å²) in [4.78, 5) is 36.5. The van der Waals surface area contributed by atoms with Gasteiger partial charge in [-0.05, 0) is 36.4 Å². The highest BCUT2D eigenvalue weighted by molar-refractivity contribution is 6.51. The summed E-state index contributed by atoms with van der Waals surface area (Å²) in [6.07, 6.45) is 1.25. The van der Waals surface area contributed by atoms with Crippen LogP contribution in [0.2, 0.25) is 0 Å². The van der Waals surface area contributed by atoms with E-state index in [-0.39, 0.29) is 17.0 Å². The van der Waals surface area contributed by atoms with Gasteiger partial charge >= 0.3 is 0 Å². The number of furan rings is 1. The molecule has 0 aliphatic carbocycles. The van der Waals surface area contributed by atoms with E-state index in [1.807, 2.05) is 0 Å². The molecule has 0 saturated carbocycles. The zero-order valence-electron chi connectivity index (χ0n) is 15.5. The predicted octanol–water partition coefficient (Wildman–Crippen LogP) is 4.09. The number of amides is 1. The quantitative estimate of drug-likeness (QED) is 0.221. The van der Waals surface area contributed by atoms with Crippen molar-refractivity contribution in [3.8, 4) is 0 Å². The van der Waals surface area contributed by atoms with Gasteiger partial charge in [0.2, 0.25) is 0 Å². The second-order valence-electron chi connectivity index (χ2n) is 6.58. The topological polar surface area (TPSA) is 114 Å². The molecule has 2 heterocycles.